The molecular weight excluding hydrogens is 413 g/mol. The van der Waals surface area contributed by atoms with Crippen molar-refractivity contribution in [2.45, 2.75) is 12.5 Å². The van der Waals surface area contributed by atoms with E-state index in [0.29, 0.717) is 5.56 Å². The van der Waals surface area contributed by atoms with Crippen molar-refractivity contribution in [3.8, 4) is 0 Å². The fraction of sp³-hybridized carbons (Fsp3) is 0.111. The quantitative estimate of drug-likeness (QED) is 0.694. The van der Waals surface area contributed by atoms with Crippen LogP contribution < -0.4 is 5.32 Å². The second-order valence-electron chi connectivity index (χ2n) is 5.64. The summed E-state index contributed by atoms with van der Waals surface area (Å²) in [5.74, 6) is -2.78. The number of amides is 2. The molecule has 0 spiro atoms. The number of benzene rings is 2. The SMILES string of the molecule is O=C1C=CN(C(=O)Nc2cc(F)c(F)cc2Br)C(c2ccc(F)cc2)C1. The largest absolute Gasteiger partial charge is 0.326 e. The molecule has 1 N–H and O–H groups in total. The zero-order valence-electron chi connectivity index (χ0n) is 13.2. The van der Waals surface area contributed by atoms with Crippen molar-refractivity contribution in [2.75, 3.05) is 5.32 Å². The lowest BCUT2D eigenvalue weighted by Gasteiger charge is -2.31. The minimum atomic E-state index is -1.11. The van der Waals surface area contributed by atoms with Crippen molar-refractivity contribution in [3.63, 3.8) is 0 Å². The molecule has 2 aromatic carbocycles. The fourth-order valence-electron chi connectivity index (χ4n) is 2.60. The molecule has 8 heteroatoms. The topological polar surface area (TPSA) is 49.4 Å². The van der Waals surface area contributed by atoms with Crippen LogP contribution >= 0.6 is 15.9 Å². The van der Waals surface area contributed by atoms with Crippen LogP contribution in [0.4, 0.5) is 23.7 Å². The first-order valence-corrected chi connectivity index (χ1v) is 8.35. The lowest BCUT2D eigenvalue weighted by molar-refractivity contribution is -0.116. The lowest BCUT2D eigenvalue weighted by Crippen LogP contribution is -2.37. The van der Waals surface area contributed by atoms with Gasteiger partial charge in [-0.25, -0.2) is 18.0 Å². The minimum absolute atomic E-state index is 0.0223. The molecule has 0 saturated heterocycles. The molecule has 3 rings (SSSR count). The summed E-state index contributed by atoms with van der Waals surface area (Å²) in [5, 5.41) is 2.47. The molecule has 1 aliphatic rings. The third-order valence-electron chi connectivity index (χ3n) is 3.89. The Morgan fingerprint density at radius 2 is 1.77 bits per heavy atom. The summed E-state index contributed by atoms with van der Waals surface area (Å²) in [6, 6.07) is 5.91. The molecule has 0 aromatic heterocycles. The number of anilines is 1. The number of carbonyl (C=O) groups is 2. The third-order valence-corrected chi connectivity index (χ3v) is 4.55. The van der Waals surface area contributed by atoms with E-state index in [0.717, 1.165) is 12.1 Å². The molecule has 1 heterocycles. The van der Waals surface area contributed by atoms with Gasteiger partial charge in [-0.3, -0.25) is 9.69 Å². The van der Waals surface area contributed by atoms with E-state index in [1.807, 2.05) is 0 Å². The molecule has 26 heavy (non-hydrogen) atoms. The van der Waals surface area contributed by atoms with Crippen molar-refractivity contribution in [1.82, 2.24) is 4.90 Å². The average molecular weight is 425 g/mol. The van der Waals surface area contributed by atoms with E-state index in [1.54, 1.807) is 0 Å². The number of hydrogen-bond donors (Lipinski definition) is 1. The number of urea groups is 1. The van der Waals surface area contributed by atoms with Crippen molar-refractivity contribution in [2.24, 2.45) is 0 Å². The molecule has 1 aliphatic heterocycles. The molecule has 0 radical (unpaired) electrons. The smallest absolute Gasteiger partial charge is 0.306 e. The summed E-state index contributed by atoms with van der Waals surface area (Å²) < 4.78 is 39.9. The third kappa shape index (κ3) is 3.80. The Morgan fingerprint density at radius 3 is 2.46 bits per heavy atom. The van der Waals surface area contributed by atoms with Crippen molar-refractivity contribution in [1.29, 1.82) is 0 Å². The van der Waals surface area contributed by atoms with Gasteiger partial charge in [0, 0.05) is 23.2 Å². The molecule has 0 fully saturated rings. The Labute approximate surface area is 155 Å². The van der Waals surface area contributed by atoms with Gasteiger partial charge >= 0.3 is 6.03 Å². The van der Waals surface area contributed by atoms with Crippen LogP contribution in [0.2, 0.25) is 0 Å². The van der Waals surface area contributed by atoms with Crippen LogP contribution in [0.3, 0.4) is 0 Å². The summed E-state index contributed by atoms with van der Waals surface area (Å²) in [5.41, 5.74) is 0.612. The highest BCUT2D eigenvalue weighted by Gasteiger charge is 2.29. The highest BCUT2D eigenvalue weighted by molar-refractivity contribution is 9.10. The van der Waals surface area contributed by atoms with Crippen LogP contribution in [0.5, 0.6) is 0 Å². The summed E-state index contributed by atoms with van der Waals surface area (Å²) in [6.45, 7) is 0. The number of nitrogens with zero attached hydrogens (tertiary/aromatic N) is 1. The van der Waals surface area contributed by atoms with Gasteiger partial charge in [0.25, 0.3) is 0 Å². The van der Waals surface area contributed by atoms with Crippen LogP contribution in [-0.4, -0.2) is 16.7 Å². The predicted molar refractivity (Wildman–Crippen MR) is 92.8 cm³/mol. The lowest BCUT2D eigenvalue weighted by atomic mass is 9.97. The number of halogens is 4. The Kier molecular flexibility index (Phi) is 5.13. The maximum atomic E-state index is 13.4. The summed E-state index contributed by atoms with van der Waals surface area (Å²) >= 11 is 3.06. The number of ketones is 1. The summed E-state index contributed by atoms with van der Waals surface area (Å²) in [7, 11) is 0. The van der Waals surface area contributed by atoms with E-state index in [9.17, 15) is 22.8 Å². The van der Waals surface area contributed by atoms with Crippen LogP contribution in [-0.2, 0) is 4.79 Å². The number of hydrogen-bond acceptors (Lipinski definition) is 2. The van der Waals surface area contributed by atoms with Crippen LogP contribution in [0.15, 0.2) is 53.1 Å². The minimum Gasteiger partial charge on any atom is -0.306 e. The maximum Gasteiger partial charge on any atom is 0.326 e. The Hall–Kier alpha value is -2.61. The van der Waals surface area contributed by atoms with Gasteiger partial charge in [0.05, 0.1) is 11.7 Å². The van der Waals surface area contributed by atoms with E-state index in [1.165, 1.54) is 41.4 Å². The van der Waals surface area contributed by atoms with Gasteiger partial charge in [-0.1, -0.05) is 12.1 Å². The first-order chi connectivity index (χ1) is 12.3. The number of carbonyl (C=O) groups excluding carboxylic acids is 2. The molecule has 1 unspecified atom stereocenters. The monoisotopic (exact) mass is 424 g/mol. The van der Waals surface area contributed by atoms with Crippen LogP contribution in [0.25, 0.3) is 0 Å². The van der Waals surface area contributed by atoms with Crippen LogP contribution in [0.1, 0.15) is 18.0 Å². The van der Waals surface area contributed by atoms with E-state index >= 15 is 0 Å². The van der Waals surface area contributed by atoms with Gasteiger partial charge < -0.3 is 5.32 Å². The Morgan fingerprint density at radius 1 is 1.12 bits per heavy atom. The number of rotatable bonds is 2. The fourth-order valence-corrected chi connectivity index (χ4v) is 3.01. The predicted octanol–water partition coefficient (Wildman–Crippen LogP) is 4.93. The van der Waals surface area contributed by atoms with Gasteiger partial charge in [0.2, 0.25) is 0 Å². The number of allylic oxidation sites excluding steroid dienone is 1. The molecule has 4 nitrogen and oxygen atoms in total. The van der Waals surface area contributed by atoms with Crippen molar-refractivity contribution >= 4 is 33.4 Å². The Bertz CT molecular complexity index is 900. The zero-order chi connectivity index (χ0) is 18.8. The highest BCUT2D eigenvalue weighted by Crippen LogP contribution is 2.31. The van der Waals surface area contributed by atoms with Gasteiger partial charge in [0.15, 0.2) is 17.4 Å². The zero-order valence-corrected chi connectivity index (χ0v) is 14.8. The van der Waals surface area contributed by atoms with Crippen molar-refractivity contribution < 1.29 is 22.8 Å². The molecular formula is C18H12BrF3N2O2. The van der Waals surface area contributed by atoms with Gasteiger partial charge in [-0.05, 0) is 45.8 Å². The molecule has 0 bridgehead atoms. The second kappa shape index (κ2) is 7.33. The molecule has 0 saturated carbocycles. The molecule has 2 amide bonds. The highest BCUT2D eigenvalue weighted by atomic mass is 79.9. The molecule has 2 aromatic rings. The first kappa shape index (κ1) is 18.2. The van der Waals surface area contributed by atoms with Gasteiger partial charge in [-0.2, -0.15) is 0 Å². The Balaban J connectivity index is 1.88. The van der Waals surface area contributed by atoms with E-state index in [2.05, 4.69) is 21.2 Å². The normalized spacial score (nSPS) is 16.7. The first-order valence-electron chi connectivity index (χ1n) is 7.55. The van der Waals surface area contributed by atoms with E-state index < -0.39 is 29.5 Å². The van der Waals surface area contributed by atoms with E-state index in [4.69, 9.17) is 0 Å². The van der Waals surface area contributed by atoms with Gasteiger partial charge in [-0.15, -0.1) is 0 Å². The standard InChI is InChI=1S/C18H12BrF3N2O2/c19-13-8-14(21)15(22)9-16(13)23-18(26)24-6-5-12(25)7-17(24)10-1-3-11(20)4-2-10/h1-6,8-9,17H,7H2,(H,23,26). The molecule has 0 aliphatic carbocycles. The van der Waals surface area contributed by atoms with Crippen molar-refractivity contribution in [3.05, 3.63) is 76.2 Å². The van der Waals surface area contributed by atoms with Crippen LogP contribution in [0, 0.1) is 17.5 Å². The maximum absolute atomic E-state index is 13.4. The molecule has 1 atom stereocenters. The second-order valence-corrected chi connectivity index (χ2v) is 6.49. The van der Waals surface area contributed by atoms with E-state index in [-0.39, 0.29) is 22.4 Å². The molecule has 134 valence electrons. The average Bonchev–Trinajstić information content (AvgIpc) is 2.60. The van der Waals surface area contributed by atoms with Gasteiger partial charge in [0.1, 0.15) is 5.82 Å². The number of nitrogens with one attached hydrogen (secondary N) is 1. The summed E-state index contributed by atoms with van der Waals surface area (Å²) in [4.78, 5) is 25.6. The summed E-state index contributed by atoms with van der Waals surface area (Å²) in [6.07, 6.45) is 2.58.